The monoisotopic (exact) mass is 237 g/mol. The van der Waals surface area contributed by atoms with Crippen LogP contribution in [0.2, 0.25) is 0 Å². The van der Waals surface area contributed by atoms with Crippen molar-refractivity contribution in [3.63, 3.8) is 0 Å². The van der Waals surface area contributed by atoms with Gasteiger partial charge in [0.15, 0.2) is 0 Å². The minimum absolute atomic E-state index is 0.241. The molecule has 1 aromatic heterocycles. The number of thioether (sulfide) groups is 1. The van der Waals surface area contributed by atoms with Crippen molar-refractivity contribution >= 4 is 17.6 Å². The molecular formula is C12H19N3S. The van der Waals surface area contributed by atoms with Crippen molar-refractivity contribution in [1.29, 1.82) is 0 Å². The Hall–Kier alpha value is -0.770. The zero-order chi connectivity index (χ0) is 11.6. The highest BCUT2D eigenvalue weighted by atomic mass is 32.2. The highest BCUT2D eigenvalue weighted by Gasteiger charge is 2.26. The molecule has 1 aliphatic rings. The van der Waals surface area contributed by atoms with Crippen LogP contribution in [0.4, 0.5) is 5.82 Å². The smallest absolute Gasteiger partial charge is 0.133 e. The van der Waals surface area contributed by atoms with Gasteiger partial charge in [-0.15, -0.1) is 0 Å². The average Bonchev–Trinajstić information content (AvgIpc) is 3.11. The van der Waals surface area contributed by atoms with Crippen molar-refractivity contribution in [1.82, 2.24) is 9.97 Å². The maximum atomic E-state index is 4.54. The van der Waals surface area contributed by atoms with Gasteiger partial charge < -0.3 is 5.32 Å². The Morgan fingerprint density at radius 2 is 2.25 bits per heavy atom. The summed E-state index contributed by atoms with van der Waals surface area (Å²) in [6, 6.07) is 1.95. The van der Waals surface area contributed by atoms with E-state index in [0.29, 0.717) is 5.92 Å². The summed E-state index contributed by atoms with van der Waals surface area (Å²) < 4.78 is 0.241. The van der Waals surface area contributed by atoms with Gasteiger partial charge in [0.1, 0.15) is 11.6 Å². The van der Waals surface area contributed by atoms with Crippen molar-refractivity contribution in [2.75, 3.05) is 18.1 Å². The fourth-order valence-electron chi connectivity index (χ4n) is 1.39. The molecule has 88 valence electrons. The van der Waals surface area contributed by atoms with Crippen molar-refractivity contribution in [2.45, 2.75) is 37.4 Å². The Labute approximate surface area is 101 Å². The average molecular weight is 237 g/mol. The second-order valence-electron chi connectivity index (χ2n) is 4.89. The summed E-state index contributed by atoms with van der Waals surface area (Å²) in [5.41, 5.74) is 0. The van der Waals surface area contributed by atoms with Gasteiger partial charge >= 0.3 is 0 Å². The number of rotatable bonds is 5. The largest absolute Gasteiger partial charge is 0.369 e. The zero-order valence-corrected chi connectivity index (χ0v) is 11.0. The molecule has 1 aromatic rings. The van der Waals surface area contributed by atoms with Gasteiger partial charge in [-0.3, -0.25) is 0 Å². The molecule has 0 aromatic carbocycles. The van der Waals surface area contributed by atoms with Gasteiger partial charge in [-0.05, 0) is 39.0 Å². The molecule has 0 amide bonds. The first-order chi connectivity index (χ1) is 7.61. The molecule has 0 spiro atoms. The Kier molecular flexibility index (Phi) is 3.38. The Bertz CT molecular complexity index is 361. The van der Waals surface area contributed by atoms with Gasteiger partial charge in [0.25, 0.3) is 0 Å². The molecule has 1 saturated carbocycles. The molecule has 0 saturated heterocycles. The Morgan fingerprint density at radius 3 is 2.88 bits per heavy atom. The second-order valence-corrected chi connectivity index (χ2v) is 6.41. The lowest BCUT2D eigenvalue weighted by atomic mass is 10.2. The van der Waals surface area contributed by atoms with Gasteiger partial charge in [0.2, 0.25) is 0 Å². The first-order valence-electron chi connectivity index (χ1n) is 5.73. The molecule has 2 rings (SSSR count). The number of aromatic nitrogens is 2. The molecule has 0 bridgehead atoms. The topological polar surface area (TPSA) is 37.8 Å². The molecule has 1 heterocycles. The normalized spacial score (nSPS) is 16.2. The van der Waals surface area contributed by atoms with Crippen LogP contribution in [0.3, 0.4) is 0 Å². The van der Waals surface area contributed by atoms with E-state index in [1.54, 1.807) is 0 Å². The summed E-state index contributed by atoms with van der Waals surface area (Å²) in [6.07, 6.45) is 6.49. The van der Waals surface area contributed by atoms with Crippen LogP contribution < -0.4 is 5.32 Å². The highest BCUT2D eigenvalue weighted by Crippen LogP contribution is 2.38. The van der Waals surface area contributed by atoms with E-state index >= 15 is 0 Å². The number of anilines is 1. The SMILES string of the molecule is CSC(C)(C)CNc1ccnc(C2CC2)n1. The van der Waals surface area contributed by atoms with Gasteiger partial charge in [-0.1, -0.05) is 0 Å². The van der Waals surface area contributed by atoms with Crippen molar-refractivity contribution < 1.29 is 0 Å². The van der Waals surface area contributed by atoms with Crippen LogP contribution in [0.15, 0.2) is 12.3 Å². The quantitative estimate of drug-likeness (QED) is 0.854. The first kappa shape index (κ1) is 11.7. The molecule has 16 heavy (non-hydrogen) atoms. The van der Waals surface area contributed by atoms with Crippen LogP contribution in [-0.4, -0.2) is 27.5 Å². The van der Waals surface area contributed by atoms with Crippen LogP contribution in [0.1, 0.15) is 38.4 Å². The number of nitrogens with one attached hydrogen (secondary N) is 1. The molecule has 1 fully saturated rings. The van der Waals surface area contributed by atoms with Crippen LogP contribution in [0, 0.1) is 0 Å². The van der Waals surface area contributed by atoms with Gasteiger partial charge in [-0.2, -0.15) is 11.8 Å². The van der Waals surface area contributed by atoms with E-state index in [9.17, 15) is 0 Å². The predicted octanol–water partition coefficient (Wildman–Crippen LogP) is 2.91. The summed E-state index contributed by atoms with van der Waals surface area (Å²) in [5, 5.41) is 3.39. The van der Waals surface area contributed by atoms with Crippen LogP contribution in [0.25, 0.3) is 0 Å². The molecule has 0 radical (unpaired) electrons. The molecule has 0 atom stereocenters. The molecule has 1 N–H and O–H groups in total. The van der Waals surface area contributed by atoms with Crippen molar-refractivity contribution in [2.24, 2.45) is 0 Å². The fourth-order valence-corrected chi connectivity index (χ4v) is 1.60. The van der Waals surface area contributed by atoms with E-state index in [2.05, 4.69) is 35.4 Å². The molecule has 1 aliphatic carbocycles. The van der Waals surface area contributed by atoms with E-state index in [1.807, 2.05) is 24.0 Å². The second kappa shape index (κ2) is 4.62. The van der Waals surface area contributed by atoms with E-state index in [4.69, 9.17) is 0 Å². The lowest BCUT2D eigenvalue weighted by molar-refractivity contribution is 0.748. The Morgan fingerprint density at radius 1 is 1.50 bits per heavy atom. The molecular weight excluding hydrogens is 218 g/mol. The minimum atomic E-state index is 0.241. The summed E-state index contributed by atoms with van der Waals surface area (Å²) in [7, 11) is 0. The van der Waals surface area contributed by atoms with E-state index in [0.717, 1.165) is 18.2 Å². The zero-order valence-electron chi connectivity index (χ0n) is 10.2. The van der Waals surface area contributed by atoms with E-state index < -0.39 is 0 Å². The third kappa shape index (κ3) is 3.11. The maximum Gasteiger partial charge on any atom is 0.133 e. The van der Waals surface area contributed by atoms with E-state index in [-0.39, 0.29) is 4.75 Å². The third-order valence-electron chi connectivity index (χ3n) is 2.86. The Balaban J connectivity index is 1.96. The lowest BCUT2D eigenvalue weighted by Gasteiger charge is -2.22. The fraction of sp³-hybridized carbons (Fsp3) is 0.667. The van der Waals surface area contributed by atoms with E-state index in [1.165, 1.54) is 12.8 Å². The molecule has 4 heteroatoms. The van der Waals surface area contributed by atoms with Crippen molar-refractivity contribution in [3.05, 3.63) is 18.1 Å². The lowest BCUT2D eigenvalue weighted by Crippen LogP contribution is -2.26. The maximum absolute atomic E-state index is 4.54. The van der Waals surface area contributed by atoms with Gasteiger partial charge in [0.05, 0.1) is 0 Å². The van der Waals surface area contributed by atoms with Crippen LogP contribution in [0.5, 0.6) is 0 Å². The minimum Gasteiger partial charge on any atom is -0.369 e. The van der Waals surface area contributed by atoms with Gasteiger partial charge in [-0.25, -0.2) is 9.97 Å². The van der Waals surface area contributed by atoms with Crippen molar-refractivity contribution in [3.8, 4) is 0 Å². The predicted molar refractivity (Wildman–Crippen MR) is 70.1 cm³/mol. The summed E-state index contributed by atoms with van der Waals surface area (Å²) >= 11 is 1.86. The molecule has 0 unspecified atom stereocenters. The number of nitrogens with zero attached hydrogens (tertiary/aromatic N) is 2. The summed E-state index contributed by atoms with van der Waals surface area (Å²) in [4.78, 5) is 8.85. The third-order valence-corrected chi connectivity index (χ3v) is 4.11. The molecule has 0 aliphatic heterocycles. The van der Waals surface area contributed by atoms with Gasteiger partial charge in [0, 0.05) is 23.4 Å². The highest BCUT2D eigenvalue weighted by molar-refractivity contribution is 7.99. The number of hydrogen-bond donors (Lipinski definition) is 1. The summed E-state index contributed by atoms with van der Waals surface area (Å²) in [6.45, 7) is 5.39. The first-order valence-corrected chi connectivity index (χ1v) is 6.95. The van der Waals surface area contributed by atoms with Crippen LogP contribution >= 0.6 is 11.8 Å². The number of hydrogen-bond acceptors (Lipinski definition) is 4. The standard InChI is InChI=1S/C12H19N3S/c1-12(2,16-3)8-14-10-6-7-13-11(15-10)9-4-5-9/h6-7,9H,4-5,8H2,1-3H3,(H,13,14,15). The summed E-state index contributed by atoms with van der Waals surface area (Å²) in [5.74, 6) is 2.58. The van der Waals surface area contributed by atoms with Crippen LogP contribution in [-0.2, 0) is 0 Å². The molecule has 3 nitrogen and oxygen atoms in total.